The van der Waals surface area contributed by atoms with Gasteiger partial charge in [0.15, 0.2) is 0 Å². The monoisotopic (exact) mass is 291 g/mol. The van der Waals surface area contributed by atoms with E-state index in [1.807, 2.05) is 10.8 Å². The van der Waals surface area contributed by atoms with Crippen molar-refractivity contribution < 1.29 is 19.4 Å². The summed E-state index contributed by atoms with van der Waals surface area (Å²) in [5.74, 6) is -2.64. The summed E-state index contributed by atoms with van der Waals surface area (Å²) in [6.45, 7) is 1.26. The molecule has 0 aromatic carbocycles. The van der Waals surface area contributed by atoms with Crippen molar-refractivity contribution in [1.29, 1.82) is 0 Å². The predicted molar refractivity (Wildman–Crippen MR) is 72.3 cm³/mol. The lowest BCUT2D eigenvalue weighted by Crippen LogP contribution is -2.42. The molecule has 0 radical (unpaired) electrons. The lowest BCUT2D eigenvalue weighted by atomic mass is 9.82. The highest BCUT2D eigenvalue weighted by molar-refractivity contribution is 5.87. The zero-order chi connectivity index (χ0) is 14.8. The first-order chi connectivity index (χ1) is 10.2. The molecule has 0 unspecified atom stereocenters. The summed E-state index contributed by atoms with van der Waals surface area (Å²) < 4.78 is 7.41. The van der Waals surface area contributed by atoms with E-state index in [2.05, 4.69) is 10.3 Å². The number of nitrogens with one attached hydrogen (secondary N) is 1. The third-order valence-electron chi connectivity index (χ3n) is 3.94. The summed E-state index contributed by atoms with van der Waals surface area (Å²) in [6, 6.07) is 0. The Bertz CT molecular complexity index is 555. The van der Waals surface area contributed by atoms with Gasteiger partial charge in [-0.1, -0.05) is 12.2 Å². The van der Waals surface area contributed by atoms with Crippen LogP contribution in [0.2, 0.25) is 0 Å². The minimum Gasteiger partial charge on any atom is -0.481 e. The number of imidazole rings is 1. The molecular formula is C14H17N3O4. The van der Waals surface area contributed by atoms with E-state index in [1.54, 1.807) is 24.7 Å². The van der Waals surface area contributed by atoms with E-state index in [0.29, 0.717) is 6.54 Å². The van der Waals surface area contributed by atoms with Gasteiger partial charge in [-0.05, 0) is 6.42 Å². The van der Waals surface area contributed by atoms with Gasteiger partial charge >= 0.3 is 5.97 Å². The molecule has 2 bridgehead atoms. The molecule has 1 aromatic rings. The van der Waals surface area contributed by atoms with Crippen molar-refractivity contribution in [2.24, 2.45) is 11.8 Å². The summed E-state index contributed by atoms with van der Waals surface area (Å²) in [5, 5.41) is 12.1. The van der Waals surface area contributed by atoms with Crippen molar-refractivity contribution in [2.75, 3.05) is 6.54 Å². The van der Waals surface area contributed by atoms with Crippen LogP contribution < -0.4 is 5.32 Å². The van der Waals surface area contributed by atoms with Crippen LogP contribution in [0, 0.1) is 11.8 Å². The van der Waals surface area contributed by atoms with E-state index in [-0.39, 0.29) is 5.91 Å². The van der Waals surface area contributed by atoms with Crippen molar-refractivity contribution in [3.05, 3.63) is 30.9 Å². The Morgan fingerprint density at radius 1 is 1.29 bits per heavy atom. The van der Waals surface area contributed by atoms with Gasteiger partial charge in [0.1, 0.15) is 5.92 Å². The van der Waals surface area contributed by atoms with E-state index in [4.69, 9.17) is 4.74 Å². The van der Waals surface area contributed by atoms with Crippen LogP contribution in [0.3, 0.4) is 0 Å². The number of aliphatic carboxylic acids is 1. The van der Waals surface area contributed by atoms with Gasteiger partial charge in [0.2, 0.25) is 5.91 Å². The first-order valence-corrected chi connectivity index (χ1v) is 6.97. The SMILES string of the molecule is O=C(O)[C@@H]1[C@H](C(=O)NCCCn2ccnc2)[C@H]2C=C[C@@H]1O2. The van der Waals surface area contributed by atoms with E-state index >= 15 is 0 Å². The Hall–Kier alpha value is -2.15. The Balaban J connectivity index is 1.51. The molecule has 2 N–H and O–H groups in total. The number of amides is 1. The normalized spacial score (nSPS) is 29.7. The number of aromatic nitrogens is 2. The Morgan fingerprint density at radius 2 is 2.05 bits per heavy atom. The number of carboxylic acids is 1. The van der Waals surface area contributed by atoms with E-state index in [0.717, 1.165) is 13.0 Å². The van der Waals surface area contributed by atoms with Crippen LogP contribution >= 0.6 is 0 Å². The molecule has 7 nitrogen and oxygen atoms in total. The lowest BCUT2D eigenvalue weighted by molar-refractivity contribution is -0.146. The Labute approximate surface area is 121 Å². The van der Waals surface area contributed by atoms with E-state index < -0.39 is 30.0 Å². The van der Waals surface area contributed by atoms with Gasteiger partial charge in [0.25, 0.3) is 0 Å². The van der Waals surface area contributed by atoms with Crippen molar-refractivity contribution in [3.8, 4) is 0 Å². The number of aryl methyl sites for hydroxylation is 1. The number of rotatable bonds is 6. The fourth-order valence-electron chi connectivity index (χ4n) is 2.93. The van der Waals surface area contributed by atoms with Crippen molar-refractivity contribution in [3.63, 3.8) is 0 Å². The zero-order valence-electron chi connectivity index (χ0n) is 11.4. The summed E-state index contributed by atoms with van der Waals surface area (Å²) in [7, 11) is 0. The molecule has 1 aromatic heterocycles. The van der Waals surface area contributed by atoms with Gasteiger partial charge in [-0.25, -0.2) is 4.98 Å². The summed E-state index contributed by atoms with van der Waals surface area (Å²) in [4.78, 5) is 27.4. The van der Waals surface area contributed by atoms with Crippen LogP contribution in [0.4, 0.5) is 0 Å². The fraction of sp³-hybridized carbons (Fsp3) is 0.500. The van der Waals surface area contributed by atoms with Crippen molar-refractivity contribution in [1.82, 2.24) is 14.9 Å². The van der Waals surface area contributed by atoms with E-state index in [9.17, 15) is 14.7 Å². The van der Waals surface area contributed by atoms with Crippen LogP contribution in [0.25, 0.3) is 0 Å². The average molecular weight is 291 g/mol. The van der Waals surface area contributed by atoms with E-state index in [1.165, 1.54) is 0 Å². The first-order valence-electron chi connectivity index (χ1n) is 6.97. The number of carbonyl (C=O) groups excluding carboxylic acids is 1. The summed E-state index contributed by atoms with van der Waals surface area (Å²) in [5.41, 5.74) is 0. The van der Waals surface area contributed by atoms with Crippen LogP contribution in [-0.4, -0.2) is 45.3 Å². The lowest BCUT2D eigenvalue weighted by Gasteiger charge is -2.20. The molecule has 4 atom stereocenters. The summed E-state index contributed by atoms with van der Waals surface area (Å²) >= 11 is 0. The van der Waals surface area contributed by atoms with Gasteiger partial charge < -0.3 is 19.7 Å². The largest absolute Gasteiger partial charge is 0.481 e. The smallest absolute Gasteiger partial charge is 0.310 e. The highest BCUT2D eigenvalue weighted by Gasteiger charge is 2.53. The number of carbonyl (C=O) groups is 2. The summed E-state index contributed by atoms with van der Waals surface area (Å²) in [6.07, 6.45) is 8.66. The molecular weight excluding hydrogens is 274 g/mol. The van der Waals surface area contributed by atoms with Crippen LogP contribution in [0.5, 0.6) is 0 Å². The van der Waals surface area contributed by atoms with Crippen LogP contribution in [0.15, 0.2) is 30.9 Å². The quantitative estimate of drug-likeness (QED) is 0.570. The molecule has 0 aliphatic carbocycles. The first kappa shape index (κ1) is 13.8. The maximum absolute atomic E-state index is 12.2. The maximum Gasteiger partial charge on any atom is 0.310 e. The second-order valence-electron chi connectivity index (χ2n) is 5.29. The third kappa shape index (κ3) is 2.69. The molecule has 0 saturated carbocycles. The number of nitrogens with zero attached hydrogens (tertiary/aromatic N) is 2. The van der Waals surface area contributed by atoms with Gasteiger partial charge in [-0.2, -0.15) is 0 Å². The fourth-order valence-corrected chi connectivity index (χ4v) is 2.93. The third-order valence-corrected chi connectivity index (χ3v) is 3.94. The molecule has 1 fully saturated rings. The minimum absolute atomic E-state index is 0.245. The second-order valence-corrected chi connectivity index (χ2v) is 5.29. The number of ether oxygens (including phenoxy) is 1. The molecule has 2 aliphatic heterocycles. The minimum atomic E-state index is -0.981. The van der Waals surface area contributed by atoms with Crippen LogP contribution in [-0.2, 0) is 20.9 Å². The average Bonchev–Trinajstić information content (AvgIpc) is 3.18. The molecule has 1 saturated heterocycles. The molecule has 3 heterocycles. The molecule has 1 amide bonds. The van der Waals surface area contributed by atoms with Gasteiger partial charge in [0, 0.05) is 25.5 Å². The van der Waals surface area contributed by atoms with Gasteiger partial charge in [-0.3, -0.25) is 9.59 Å². The molecule has 112 valence electrons. The van der Waals surface area contributed by atoms with Crippen molar-refractivity contribution in [2.45, 2.75) is 25.2 Å². The molecule has 7 heteroatoms. The highest BCUT2D eigenvalue weighted by Crippen LogP contribution is 2.39. The number of hydrogen-bond donors (Lipinski definition) is 2. The Kier molecular flexibility index (Phi) is 3.74. The number of carboxylic acid groups (broad SMARTS) is 1. The van der Waals surface area contributed by atoms with Crippen molar-refractivity contribution >= 4 is 11.9 Å². The number of fused-ring (bicyclic) bond motifs is 2. The number of hydrogen-bond acceptors (Lipinski definition) is 4. The topological polar surface area (TPSA) is 93.4 Å². The zero-order valence-corrected chi connectivity index (χ0v) is 11.4. The maximum atomic E-state index is 12.2. The second kappa shape index (κ2) is 5.69. The molecule has 3 rings (SSSR count). The van der Waals surface area contributed by atoms with Gasteiger partial charge in [-0.15, -0.1) is 0 Å². The molecule has 2 aliphatic rings. The van der Waals surface area contributed by atoms with Crippen LogP contribution in [0.1, 0.15) is 6.42 Å². The highest BCUT2D eigenvalue weighted by atomic mass is 16.5. The predicted octanol–water partition coefficient (Wildman–Crippen LogP) is 0.0436. The molecule has 21 heavy (non-hydrogen) atoms. The standard InChI is InChI=1S/C14H17N3O4/c18-13(16-4-1-6-17-7-5-15-8-17)11-9-2-3-10(21-9)12(11)14(19)20/h2-3,5,7-12H,1,4,6H2,(H,16,18)(H,19,20)/t9-,10+,11-,12+/m1/s1. The Morgan fingerprint density at radius 3 is 2.71 bits per heavy atom. The molecule has 0 spiro atoms. The van der Waals surface area contributed by atoms with Gasteiger partial charge in [0.05, 0.1) is 24.5 Å².